The number of carbonyl (C=O) groups excluding carboxylic acids is 2. The smallest absolute Gasteiger partial charge is 0.338 e. The molecule has 3 heterocycles. The molecule has 216 valence electrons. The molecule has 1 saturated carbocycles. The average Bonchev–Trinajstić information content (AvgIpc) is 3.53. The quantitative estimate of drug-likeness (QED) is 0.525. The zero-order chi connectivity index (χ0) is 27.2. The van der Waals surface area contributed by atoms with Gasteiger partial charge in [-0.3, -0.25) is 4.79 Å². The molecule has 0 radical (unpaired) electrons. The van der Waals surface area contributed by atoms with Gasteiger partial charge in [-0.15, -0.1) is 0 Å². The molecule has 1 aliphatic carbocycles. The lowest BCUT2D eigenvalue weighted by Gasteiger charge is -2.25. The van der Waals surface area contributed by atoms with Crippen LogP contribution in [0, 0.1) is 17.8 Å². The number of carbonyl (C=O) groups is 2. The number of benzene rings is 1. The molecule has 3 fully saturated rings. The molecule has 0 N–H and O–H groups in total. The van der Waals surface area contributed by atoms with Crippen LogP contribution in [0.25, 0.3) is 0 Å². The van der Waals surface area contributed by atoms with E-state index in [0.717, 1.165) is 58.5 Å². The highest BCUT2D eigenvalue weighted by atomic mass is 16.6. The monoisotopic (exact) mass is 546 g/mol. The molecule has 4 bridgehead atoms. The van der Waals surface area contributed by atoms with E-state index in [9.17, 15) is 9.59 Å². The van der Waals surface area contributed by atoms with Gasteiger partial charge in [0.25, 0.3) is 0 Å². The first-order chi connectivity index (χ1) is 19.1. The number of nitrogens with zero attached hydrogens (tertiary/aromatic N) is 2. The maximum Gasteiger partial charge on any atom is 0.338 e. The molecule has 5 rings (SSSR count). The van der Waals surface area contributed by atoms with Gasteiger partial charge in [0.2, 0.25) is 5.75 Å². The molecular weight excluding hydrogens is 504 g/mol. The summed E-state index contributed by atoms with van der Waals surface area (Å²) in [7, 11) is 3.07. The van der Waals surface area contributed by atoms with Crippen LogP contribution in [0.5, 0.6) is 17.2 Å². The number of rotatable bonds is 4. The van der Waals surface area contributed by atoms with E-state index in [2.05, 4.69) is 9.80 Å². The van der Waals surface area contributed by atoms with E-state index in [4.69, 9.17) is 28.4 Å². The van der Waals surface area contributed by atoms with Crippen LogP contribution in [0.15, 0.2) is 12.1 Å². The van der Waals surface area contributed by atoms with Gasteiger partial charge in [-0.2, -0.15) is 0 Å². The van der Waals surface area contributed by atoms with Crippen molar-refractivity contribution in [3.63, 3.8) is 0 Å². The minimum atomic E-state index is -0.414. The van der Waals surface area contributed by atoms with Crippen LogP contribution in [0.2, 0.25) is 0 Å². The molecule has 10 nitrogen and oxygen atoms in total. The largest absolute Gasteiger partial charge is 0.493 e. The highest BCUT2D eigenvalue weighted by Crippen LogP contribution is 2.51. The Bertz CT molecular complexity index is 994. The van der Waals surface area contributed by atoms with Gasteiger partial charge in [-0.05, 0) is 57.3 Å². The van der Waals surface area contributed by atoms with E-state index in [1.165, 1.54) is 7.11 Å². The second-order valence-electron chi connectivity index (χ2n) is 11.0. The number of methoxy groups -OCH3 is 2. The minimum Gasteiger partial charge on any atom is -0.493 e. The van der Waals surface area contributed by atoms with Crippen LogP contribution >= 0.6 is 0 Å². The molecule has 1 aromatic rings. The molecule has 0 spiro atoms. The van der Waals surface area contributed by atoms with Crippen LogP contribution in [0.1, 0.15) is 42.5 Å². The summed E-state index contributed by atoms with van der Waals surface area (Å²) in [6.45, 7) is 7.90. The normalized spacial score (nSPS) is 31.8. The van der Waals surface area contributed by atoms with Crippen LogP contribution in [0.3, 0.4) is 0 Å². The van der Waals surface area contributed by atoms with Crippen molar-refractivity contribution in [1.82, 2.24) is 9.80 Å². The van der Waals surface area contributed by atoms with Crippen LogP contribution < -0.4 is 14.2 Å². The summed E-state index contributed by atoms with van der Waals surface area (Å²) in [5, 5.41) is 0. The summed E-state index contributed by atoms with van der Waals surface area (Å²) < 4.78 is 34.2. The van der Waals surface area contributed by atoms with Crippen molar-refractivity contribution < 1.29 is 38.0 Å². The first kappa shape index (κ1) is 28.0. The number of hydrogen-bond acceptors (Lipinski definition) is 10. The number of fused-ring (bicyclic) bond motifs is 6. The summed E-state index contributed by atoms with van der Waals surface area (Å²) in [5.41, 5.74) is 0.358. The lowest BCUT2D eigenvalue weighted by molar-refractivity contribution is -0.153. The third-order valence-corrected chi connectivity index (χ3v) is 8.42. The van der Waals surface area contributed by atoms with Crippen molar-refractivity contribution in [3.8, 4) is 17.2 Å². The fourth-order valence-electron chi connectivity index (χ4n) is 6.08. The van der Waals surface area contributed by atoms with E-state index >= 15 is 0 Å². The number of ether oxygens (including phenoxy) is 6. The van der Waals surface area contributed by atoms with Crippen molar-refractivity contribution >= 4 is 11.9 Å². The fraction of sp³-hybridized carbons (Fsp3) is 0.724. The molecule has 3 aliphatic heterocycles. The molecule has 1 aromatic carbocycles. The first-order valence-corrected chi connectivity index (χ1v) is 14.4. The predicted molar refractivity (Wildman–Crippen MR) is 142 cm³/mol. The summed E-state index contributed by atoms with van der Waals surface area (Å²) in [4.78, 5) is 30.7. The molecule has 4 unspecified atom stereocenters. The van der Waals surface area contributed by atoms with Crippen molar-refractivity contribution in [2.24, 2.45) is 17.8 Å². The molecule has 4 aliphatic rings. The maximum atomic E-state index is 13.0. The standard InChI is InChI=1S/C29H42N2O8/c1-34-24-16-20-17-25(27(24)35-2)37-14-3-6-21(39-29(33)26-22-18-36-19-23(22)26)7-11-31-9-4-8-30(12-13-31)10-5-15-38-28(20)32/h16-17,21-23,26H,3-15,18-19H2,1-2H3/t21?,22-,23+,26?. The Hall–Kier alpha value is -2.56. The number of cyclic esters (lactones) is 1. The second-order valence-corrected chi connectivity index (χ2v) is 11.0. The summed E-state index contributed by atoms with van der Waals surface area (Å²) in [6.07, 6.45) is 3.89. The predicted octanol–water partition coefficient (Wildman–Crippen LogP) is 2.63. The fourth-order valence-corrected chi connectivity index (χ4v) is 6.08. The molecule has 0 aromatic heterocycles. The Morgan fingerprint density at radius 1 is 0.846 bits per heavy atom. The van der Waals surface area contributed by atoms with Crippen LogP contribution in [0.4, 0.5) is 0 Å². The topological polar surface area (TPSA) is 96.0 Å². The van der Waals surface area contributed by atoms with E-state index in [1.807, 2.05) is 0 Å². The van der Waals surface area contributed by atoms with Gasteiger partial charge < -0.3 is 38.2 Å². The van der Waals surface area contributed by atoms with Gasteiger partial charge in [-0.25, -0.2) is 4.79 Å². The van der Waals surface area contributed by atoms with E-state index in [0.29, 0.717) is 73.9 Å². The number of hydrogen-bond donors (Lipinski definition) is 0. The molecule has 2 saturated heterocycles. The average molecular weight is 547 g/mol. The Kier molecular flexibility index (Phi) is 9.47. The van der Waals surface area contributed by atoms with Gasteiger partial charge in [0.05, 0.1) is 52.1 Å². The molecular formula is C29H42N2O8. The maximum absolute atomic E-state index is 13.0. The van der Waals surface area contributed by atoms with Crippen molar-refractivity contribution in [2.45, 2.75) is 38.2 Å². The third kappa shape index (κ3) is 6.96. The minimum absolute atomic E-state index is 0.00190. The highest BCUT2D eigenvalue weighted by Gasteiger charge is 2.59. The van der Waals surface area contributed by atoms with Gasteiger partial charge in [0, 0.05) is 38.0 Å². The zero-order valence-electron chi connectivity index (χ0n) is 23.2. The van der Waals surface area contributed by atoms with Crippen molar-refractivity contribution in [1.29, 1.82) is 0 Å². The number of esters is 2. The first-order valence-electron chi connectivity index (χ1n) is 14.4. The van der Waals surface area contributed by atoms with Crippen LogP contribution in [-0.4, -0.2) is 108 Å². The third-order valence-electron chi connectivity index (χ3n) is 8.42. The van der Waals surface area contributed by atoms with E-state index < -0.39 is 5.97 Å². The molecule has 10 heteroatoms. The van der Waals surface area contributed by atoms with Crippen molar-refractivity contribution in [2.75, 3.05) is 79.9 Å². The summed E-state index contributed by atoms with van der Waals surface area (Å²) >= 11 is 0. The molecule has 0 amide bonds. The molecule has 39 heavy (non-hydrogen) atoms. The highest BCUT2D eigenvalue weighted by molar-refractivity contribution is 5.91. The Morgan fingerprint density at radius 3 is 2.31 bits per heavy atom. The van der Waals surface area contributed by atoms with Crippen LogP contribution in [-0.2, 0) is 19.0 Å². The van der Waals surface area contributed by atoms with E-state index in [-0.39, 0.29) is 18.0 Å². The van der Waals surface area contributed by atoms with Gasteiger partial charge in [0.1, 0.15) is 6.10 Å². The summed E-state index contributed by atoms with van der Waals surface area (Å²) in [5.74, 6) is 1.45. The second kappa shape index (κ2) is 13.2. The summed E-state index contributed by atoms with van der Waals surface area (Å²) in [6, 6.07) is 3.26. The molecule has 6 atom stereocenters. The Balaban J connectivity index is 1.29. The lowest BCUT2D eigenvalue weighted by atomic mass is 10.1. The zero-order valence-corrected chi connectivity index (χ0v) is 23.2. The lowest BCUT2D eigenvalue weighted by Crippen LogP contribution is -2.34. The van der Waals surface area contributed by atoms with Gasteiger partial charge >= 0.3 is 11.9 Å². The SMILES string of the molecule is COc1cc2cc(c1OC)OCCCC(OC(=O)C1[C@H]3COC[C@@H]13)CCN1CCCN(CCCOC2=O)CC1. The van der Waals surface area contributed by atoms with Gasteiger partial charge in [-0.1, -0.05) is 0 Å². The Morgan fingerprint density at radius 2 is 1.56 bits per heavy atom. The van der Waals surface area contributed by atoms with Gasteiger partial charge in [0.15, 0.2) is 11.5 Å². The van der Waals surface area contributed by atoms with E-state index in [1.54, 1.807) is 19.2 Å². The van der Waals surface area contributed by atoms with Crippen molar-refractivity contribution in [3.05, 3.63) is 17.7 Å². The Labute approximate surface area is 230 Å².